The van der Waals surface area contributed by atoms with Gasteiger partial charge in [0.15, 0.2) is 11.6 Å². The molecule has 0 aliphatic heterocycles. The second-order valence-electron chi connectivity index (χ2n) is 5.60. The van der Waals surface area contributed by atoms with Crippen LogP contribution in [-0.2, 0) is 10.2 Å². The molecule has 120 valence electrons. The summed E-state index contributed by atoms with van der Waals surface area (Å²) in [6, 6.07) is 4.92. The van der Waals surface area contributed by atoms with Crippen LogP contribution in [0.3, 0.4) is 0 Å². The van der Waals surface area contributed by atoms with Crippen LogP contribution >= 0.6 is 0 Å². The molecule has 0 radical (unpaired) electrons. The Balaban J connectivity index is 1.55. The van der Waals surface area contributed by atoms with Crippen LogP contribution in [0.2, 0.25) is 0 Å². The van der Waals surface area contributed by atoms with Gasteiger partial charge in [-0.2, -0.15) is 0 Å². The second kappa shape index (κ2) is 5.48. The Kier molecular flexibility index (Phi) is 3.30. The van der Waals surface area contributed by atoms with E-state index in [1.165, 1.54) is 17.2 Å². The molecule has 4 rings (SSSR count). The summed E-state index contributed by atoms with van der Waals surface area (Å²) in [5.41, 5.74) is -0.448. The first-order valence-corrected chi connectivity index (χ1v) is 7.42. The number of carbonyl (C=O) groups is 1. The van der Waals surface area contributed by atoms with E-state index in [0.29, 0.717) is 30.0 Å². The highest BCUT2D eigenvalue weighted by atomic mass is 19.1. The molecule has 0 unspecified atom stereocenters. The summed E-state index contributed by atoms with van der Waals surface area (Å²) >= 11 is 0. The molecule has 3 aromatic rings. The lowest BCUT2D eigenvalue weighted by molar-refractivity contribution is -0.118. The standard InChI is InChI=1S/C16H13FN6O/c17-12-9-18-6-1-11(12)16(4-5-16)15(24)21-13-3-8-23(22-13)14-2-7-19-10-20-14/h1-3,6-10H,4-5H2,(H,21,22,24). The van der Waals surface area contributed by atoms with Crippen molar-refractivity contribution < 1.29 is 9.18 Å². The van der Waals surface area contributed by atoms with Gasteiger partial charge in [-0.3, -0.25) is 9.78 Å². The number of carbonyl (C=O) groups excluding carboxylic acids is 1. The Bertz CT molecular complexity index is 890. The minimum atomic E-state index is -0.828. The zero-order chi connectivity index (χ0) is 16.6. The summed E-state index contributed by atoms with van der Waals surface area (Å²) in [6.45, 7) is 0. The number of aromatic nitrogens is 5. The number of anilines is 1. The highest BCUT2D eigenvalue weighted by Crippen LogP contribution is 2.49. The molecule has 1 fully saturated rings. The third-order valence-corrected chi connectivity index (χ3v) is 4.10. The molecule has 1 N–H and O–H groups in total. The fraction of sp³-hybridized carbons (Fsp3) is 0.188. The molecule has 1 aliphatic rings. The number of nitrogens with one attached hydrogen (secondary N) is 1. The minimum absolute atomic E-state index is 0.263. The van der Waals surface area contributed by atoms with E-state index >= 15 is 0 Å². The maximum atomic E-state index is 14.0. The van der Waals surface area contributed by atoms with Crippen LogP contribution in [0.15, 0.2) is 49.3 Å². The van der Waals surface area contributed by atoms with Crippen LogP contribution in [0.5, 0.6) is 0 Å². The molecule has 0 saturated heterocycles. The molecule has 0 bridgehead atoms. The molecular weight excluding hydrogens is 311 g/mol. The van der Waals surface area contributed by atoms with Crippen molar-refractivity contribution in [2.45, 2.75) is 18.3 Å². The first kappa shape index (κ1) is 14.4. The first-order valence-electron chi connectivity index (χ1n) is 7.42. The van der Waals surface area contributed by atoms with Crippen LogP contribution in [0.25, 0.3) is 5.82 Å². The van der Waals surface area contributed by atoms with Gasteiger partial charge in [-0.25, -0.2) is 19.0 Å². The summed E-state index contributed by atoms with van der Waals surface area (Å²) in [6.07, 6.45) is 8.54. The van der Waals surface area contributed by atoms with Gasteiger partial charge in [0.1, 0.15) is 12.1 Å². The van der Waals surface area contributed by atoms with Crippen molar-refractivity contribution in [3.05, 3.63) is 60.7 Å². The highest BCUT2D eigenvalue weighted by Gasteiger charge is 2.53. The van der Waals surface area contributed by atoms with Crippen molar-refractivity contribution in [3.8, 4) is 5.82 Å². The topological polar surface area (TPSA) is 85.6 Å². The number of pyridine rings is 1. The highest BCUT2D eigenvalue weighted by molar-refractivity contribution is 6.00. The second-order valence-corrected chi connectivity index (χ2v) is 5.60. The Labute approximate surface area is 136 Å². The van der Waals surface area contributed by atoms with Gasteiger partial charge in [0.25, 0.3) is 0 Å². The van der Waals surface area contributed by atoms with E-state index in [4.69, 9.17) is 0 Å². The molecule has 1 aliphatic carbocycles. The van der Waals surface area contributed by atoms with Crippen molar-refractivity contribution in [3.63, 3.8) is 0 Å². The summed E-state index contributed by atoms with van der Waals surface area (Å²) in [4.78, 5) is 24.3. The molecule has 24 heavy (non-hydrogen) atoms. The van der Waals surface area contributed by atoms with Gasteiger partial charge in [0, 0.05) is 36.3 Å². The Morgan fingerprint density at radius 1 is 1.21 bits per heavy atom. The van der Waals surface area contributed by atoms with Crippen LogP contribution < -0.4 is 5.32 Å². The van der Waals surface area contributed by atoms with E-state index in [2.05, 4.69) is 25.4 Å². The normalized spacial score (nSPS) is 15.0. The zero-order valence-corrected chi connectivity index (χ0v) is 12.6. The molecule has 0 aromatic carbocycles. The van der Waals surface area contributed by atoms with Crippen molar-refractivity contribution in [2.24, 2.45) is 0 Å². The fourth-order valence-electron chi connectivity index (χ4n) is 2.68. The van der Waals surface area contributed by atoms with Gasteiger partial charge >= 0.3 is 0 Å². The SMILES string of the molecule is O=C(Nc1ccn(-c2ccncn2)n1)C1(c2ccncc2F)CC1. The molecular formula is C16H13FN6O. The van der Waals surface area contributed by atoms with E-state index in [0.717, 1.165) is 6.20 Å². The maximum absolute atomic E-state index is 14.0. The van der Waals surface area contributed by atoms with Crippen LogP contribution in [0.1, 0.15) is 18.4 Å². The van der Waals surface area contributed by atoms with E-state index in [-0.39, 0.29) is 5.91 Å². The molecule has 7 nitrogen and oxygen atoms in total. The van der Waals surface area contributed by atoms with Crippen molar-refractivity contribution in [2.75, 3.05) is 5.32 Å². The summed E-state index contributed by atoms with van der Waals surface area (Å²) in [5.74, 6) is 0.253. The zero-order valence-electron chi connectivity index (χ0n) is 12.6. The van der Waals surface area contributed by atoms with Crippen LogP contribution in [-0.4, -0.2) is 30.6 Å². The van der Waals surface area contributed by atoms with Crippen molar-refractivity contribution in [1.82, 2.24) is 24.7 Å². The van der Waals surface area contributed by atoms with Crippen LogP contribution in [0, 0.1) is 5.82 Å². The summed E-state index contributed by atoms with van der Waals surface area (Å²) in [7, 11) is 0. The quantitative estimate of drug-likeness (QED) is 0.792. The van der Waals surface area contributed by atoms with Gasteiger partial charge < -0.3 is 5.32 Å². The lowest BCUT2D eigenvalue weighted by Gasteiger charge is -2.15. The lowest BCUT2D eigenvalue weighted by Crippen LogP contribution is -2.29. The van der Waals surface area contributed by atoms with Crippen molar-refractivity contribution >= 4 is 11.7 Å². The predicted octanol–water partition coefficient (Wildman–Crippen LogP) is 1.87. The Morgan fingerprint density at radius 3 is 2.75 bits per heavy atom. The van der Waals surface area contributed by atoms with Gasteiger partial charge in [0.05, 0.1) is 11.6 Å². The molecule has 3 heterocycles. The van der Waals surface area contributed by atoms with Gasteiger partial charge in [-0.1, -0.05) is 0 Å². The number of hydrogen-bond donors (Lipinski definition) is 1. The van der Waals surface area contributed by atoms with Crippen LogP contribution in [0.4, 0.5) is 10.2 Å². The smallest absolute Gasteiger partial charge is 0.236 e. The van der Waals surface area contributed by atoms with E-state index in [1.807, 2.05) is 0 Å². The Hall–Kier alpha value is -3.16. The van der Waals surface area contributed by atoms with E-state index < -0.39 is 11.2 Å². The molecule has 1 amide bonds. The van der Waals surface area contributed by atoms with Gasteiger partial charge in [-0.15, -0.1) is 5.10 Å². The largest absolute Gasteiger partial charge is 0.308 e. The average molecular weight is 324 g/mol. The molecule has 0 atom stereocenters. The molecule has 0 spiro atoms. The molecule has 1 saturated carbocycles. The third kappa shape index (κ3) is 2.41. The third-order valence-electron chi connectivity index (χ3n) is 4.10. The molecule has 8 heteroatoms. The maximum Gasteiger partial charge on any atom is 0.236 e. The number of hydrogen-bond acceptors (Lipinski definition) is 5. The number of nitrogens with zero attached hydrogens (tertiary/aromatic N) is 5. The van der Waals surface area contributed by atoms with Gasteiger partial charge in [0.2, 0.25) is 5.91 Å². The monoisotopic (exact) mass is 324 g/mol. The van der Waals surface area contributed by atoms with E-state index in [1.54, 1.807) is 30.6 Å². The van der Waals surface area contributed by atoms with Crippen molar-refractivity contribution in [1.29, 1.82) is 0 Å². The number of rotatable bonds is 4. The first-order chi connectivity index (χ1) is 11.7. The fourth-order valence-corrected chi connectivity index (χ4v) is 2.68. The number of amides is 1. The lowest BCUT2D eigenvalue weighted by atomic mass is 9.95. The number of halogens is 1. The minimum Gasteiger partial charge on any atom is -0.308 e. The average Bonchev–Trinajstić information content (AvgIpc) is 3.29. The van der Waals surface area contributed by atoms with Gasteiger partial charge in [-0.05, 0) is 18.9 Å². The summed E-state index contributed by atoms with van der Waals surface area (Å²) < 4.78 is 15.5. The summed E-state index contributed by atoms with van der Waals surface area (Å²) in [5, 5.41) is 7.03. The Morgan fingerprint density at radius 2 is 2.04 bits per heavy atom. The predicted molar refractivity (Wildman–Crippen MR) is 82.9 cm³/mol. The van der Waals surface area contributed by atoms with E-state index in [9.17, 15) is 9.18 Å². The molecule has 3 aromatic heterocycles.